The molecule has 0 aromatic carbocycles. The van der Waals surface area contributed by atoms with Crippen molar-refractivity contribution in [3.8, 4) is 0 Å². The van der Waals surface area contributed by atoms with E-state index in [4.69, 9.17) is 4.52 Å². The molecule has 6 heteroatoms. The maximum atomic E-state index is 10.6. The first-order valence-corrected chi connectivity index (χ1v) is 5.46. The van der Waals surface area contributed by atoms with Crippen LogP contribution in [0.3, 0.4) is 0 Å². The average molecular weight is 222 g/mol. The normalized spacial score (nSPS) is 10.0. The molecule has 0 N–H and O–H groups in total. The smallest absolute Gasteiger partial charge is 0.385 e. The van der Waals surface area contributed by atoms with E-state index < -0.39 is 20.5 Å². The van der Waals surface area contributed by atoms with Crippen LogP contribution in [-0.2, 0) is 23.2 Å². The van der Waals surface area contributed by atoms with E-state index in [9.17, 15) is 9.59 Å². The third-order valence-electron chi connectivity index (χ3n) is 1.10. The Morgan fingerprint density at radius 3 is 2.00 bits per heavy atom. The van der Waals surface area contributed by atoms with Gasteiger partial charge in [0.05, 0.1) is 6.61 Å². The summed E-state index contributed by atoms with van der Waals surface area (Å²) in [5.74, 6) is -1.04. The summed E-state index contributed by atoms with van der Waals surface area (Å²) in [5, 5.41) is 0. The van der Waals surface area contributed by atoms with Gasteiger partial charge in [-0.15, -0.1) is 0 Å². The highest BCUT2D eigenvalue weighted by Crippen LogP contribution is 2.39. The lowest BCUT2D eigenvalue weighted by atomic mass is 10.4. The van der Waals surface area contributed by atoms with Gasteiger partial charge in [-0.3, -0.25) is 14.1 Å². The van der Waals surface area contributed by atoms with Gasteiger partial charge in [0, 0.05) is 13.8 Å². The van der Waals surface area contributed by atoms with Crippen molar-refractivity contribution in [2.24, 2.45) is 0 Å². The van der Waals surface area contributed by atoms with Crippen molar-refractivity contribution < 1.29 is 23.2 Å². The zero-order valence-corrected chi connectivity index (χ0v) is 9.50. The van der Waals surface area contributed by atoms with Crippen molar-refractivity contribution in [1.29, 1.82) is 0 Å². The minimum atomic E-state index is -1.85. The Morgan fingerprint density at radius 1 is 1.14 bits per heavy atom. The molecule has 0 saturated carbocycles. The molecule has 0 saturated heterocycles. The first-order valence-electron chi connectivity index (χ1n) is 4.36. The molecule has 82 valence electrons. The fourth-order valence-corrected chi connectivity index (χ4v) is 1.41. The molecule has 0 heterocycles. The van der Waals surface area contributed by atoms with E-state index in [1.54, 1.807) is 0 Å². The van der Waals surface area contributed by atoms with Gasteiger partial charge in [0.1, 0.15) is 0 Å². The quantitative estimate of drug-likeness (QED) is 0.509. The molecule has 0 bridgehead atoms. The SMILES string of the molecule is CCCCOP(OC(C)=O)OC(C)=O. The van der Waals surface area contributed by atoms with Crippen molar-refractivity contribution in [2.75, 3.05) is 6.61 Å². The lowest BCUT2D eigenvalue weighted by molar-refractivity contribution is -0.136. The predicted octanol–water partition coefficient (Wildman–Crippen LogP) is 2.16. The van der Waals surface area contributed by atoms with E-state index in [0.29, 0.717) is 6.61 Å². The van der Waals surface area contributed by atoms with E-state index >= 15 is 0 Å². The summed E-state index contributed by atoms with van der Waals surface area (Å²) in [4.78, 5) is 21.2. The molecule has 0 rings (SSSR count). The molecule has 14 heavy (non-hydrogen) atoms. The minimum absolute atomic E-state index is 0.419. The number of rotatable bonds is 6. The molecule has 0 amide bonds. The van der Waals surface area contributed by atoms with E-state index in [1.165, 1.54) is 13.8 Å². The average Bonchev–Trinajstić information content (AvgIpc) is 2.02. The fraction of sp³-hybridized carbons (Fsp3) is 0.750. The molecule has 0 atom stereocenters. The highest BCUT2D eigenvalue weighted by atomic mass is 31.2. The van der Waals surface area contributed by atoms with Crippen molar-refractivity contribution >= 4 is 20.5 Å². The zero-order valence-electron chi connectivity index (χ0n) is 8.61. The second-order valence-electron chi connectivity index (χ2n) is 2.58. The number of carbonyl (C=O) groups excluding carboxylic acids is 2. The topological polar surface area (TPSA) is 61.8 Å². The van der Waals surface area contributed by atoms with E-state index in [0.717, 1.165) is 12.8 Å². The van der Waals surface area contributed by atoms with Crippen LogP contribution >= 0.6 is 8.60 Å². The van der Waals surface area contributed by atoms with Crippen LogP contribution in [0.1, 0.15) is 33.6 Å². The highest BCUT2D eigenvalue weighted by Gasteiger charge is 2.18. The van der Waals surface area contributed by atoms with Gasteiger partial charge >= 0.3 is 20.5 Å². The molecule has 0 aliphatic carbocycles. The van der Waals surface area contributed by atoms with Gasteiger partial charge in [-0.25, -0.2) is 0 Å². The fourth-order valence-electron chi connectivity index (χ4n) is 0.565. The largest absolute Gasteiger partial charge is 0.467 e. The molecule has 0 spiro atoms. The lowest BCUT2D eigenvalue weighted by Crippen LogP contribution is -2.03. The van der Waals surface area contributed by atoms with Gasteiger partial charge in [0.25, 0.3) is 0 Å². The maximum absolute atomic E-state index is 10.6. The molecular weight excluding hydrogens is 207 g/mol. The van der Waals surface area contributed by atoms with Gasteiger partial charge in [-0.05, 0) is 6.42 Å². The van der Waals surface area contributed by atoms with Crippen molar-refractivity contribution in [1.82, 2.24) is 0 Å². The van der Waals surface area contributed by atoms with Crippen LogP contribution in [0.2, 0.25) is 0 Å². The molecule has 0 unspecified atom stereocenters. The molecule has 0 aliphatic heterocycles. The summed E-state index contributed by atoms with van der Waals surface area (Å²) in [6, 6.07) is 0. The van der Waals surface area contributed by atoms with Gasteiger partial charge in [0.15, 0.2) is 0 Å². The molecular formula is C8H15O5P. The van der Waals surface area contributed by atoms with Crippen LogP contribution in [0.15, 0.2) is 0 Å². The third kappa shape index (κ3) is 7.95. The standard InChI is InChI=1S/C8H15O5P/c1-4-5-6-11-14(12-7(2)9)13-8(3)10/h4-6H2,1-3H3. The Hall–Kier alpha value is -0.670. The van der Waals surface area contributed by atoms with Crippen LogP contribution in [-0.4, -0.2) is 18.5 Å². The molecule has 0 radical (unpaired) electrons. The lowest BCUT2D eigenvalue weighted by Gasteiger charge is -2.12. The van der Waals surface area contributed by atoms with Crippen LogP contribution in [0, 0.1) is 0 Å². The van der Waals surface area contributed by atoms with Crippen LogP contribution in [0.4, 0.5) is 0 Å². The Balaban J connectivity index is 3.84. The third-order valence-corrected chi connectivity index (χ3v) is 2.31. The molecule has 0 aliphatic rings. The Labute approximate surface area is 84.7 Å². The molecule has 0 aromatic heterocycles. The summed E-state index contributed by atoms with van der Waals surface area (Å²) >= 11 is 0. The summed E-state index contributed by atoms with van der Waals surface area (Å²) in [6.45, 7) is 4.90. The first-order chi connectivity index (χ1) is 6.56. The zero-order chi connectivity index (χ0) is 11.0. The van der Waals surface area contributed by atoms with E-state index in [1.807, 2.05) is 6.92 Å². The molecule has 0 aromatic rings. The van der Waals surface area contributed by atoms with Gasteiger partial charge < -0.3 is 9.05 Å². The Kier molecular flexibility index (Phi) is 7.34. The van der Waals surface area contributed by atoms with Crippen LogP contribution < -0.4 is 0 Å². The van der Waals surface area contributed by atoms with E-state index in [2.05, 4.69) is 9.05 Å². The van der Waals surface area contributed by atoms with Crippen molar-refractivity contribution in [2.45, 2.75) is 33.6 Å². The maximum Gasteiger partial charge on any atom is 0.467 e. The van der Waals surface area contributed by atoms with Gasteiger partial charge in [-0.1, -0.05) is 13.3 Å². The Morgan fingerprint density at radius 2 is 1.64 bits per heavy atom. The second kappa shape index (κ2) is 7.71. The number of hydrogen-bond acceptors (Lipinski definition) is 5. The number of carbonyl (C=O) groups is 2. The van der Waals surface area contributed by atoms with E-state index in [-0.39, 0.29) is 0 Å². The first kappa shape index (κ1) is 13.3. The minimum Gasteiger partial charge on any atom is -0.385 e. The van der Waals surface area contributed by atoms with Crippen LogP contribution in [0.25, 0.3) is 0 Å². The van der Waals surface area contributed by atoms with Gasteiger partial charge in [-0.2, -0.15) is 0 Å². The van der Waals surface area contributed by atoms with Crippen LogP contribution in [0.5, 0.6) is 0 Å². The number of hydrogen-bond donors (Lipinski definition) is 0. The summed E-state index contributed by atoms with van der Waals surface area (Å²) < 4.78 is 14.4. The number of unbranched alkanes of at least 4 members (excludes halogenated alkanes) is 1. The van der Waals surface area contributed by atoms with Crippen molar-refractivity contribution in [3.05, 3.63) is 0 Å². The monoisotopic (exact) mass is 222 g/mol. The predicted molar refractivity (Wildman–Crippen MR) is 51.3 cm³/mol. The Bertz CT molecular complexity index is 178. The summed E-state index contributed by atoms with van der Waals surface area (Å²) in [7, 11) is -1.85. The van der Waals surface area contributed by atoms with Crippen molar-refractivity contribution in [3.63, 3.8) is 0 Å². The summed E-state index contributed by atoms with van der Waals surface area (Å²) in [5.41, 5.74) is 0. The molecule has 0 fully saturated rings. The summed E-state index contributed by atoms with van der Waals surface area (Å²) in [6.07, 6.45) is 1.80. The highest BCUT2D eigenvalue weighted by molar-refractivity contribution is 7.42. The molecule has 5 nitrogen and oxygen atoms in total. The van der Waals surface area contributed by atoms with Gasteiger partial charge in [0.2, 0.25) is 0 Å². The second-order valence-corrected chi connectivity index (χ2v) is 3.65.